The van der Waals surface area contributed by atoms with Gasteiger partial charge in [-0.05, 0) is 25.7 Å². The minimum absolute atomic E-state index is 0.134. The molecule has 5 N–H and O–H groups in total. The van der Waals surface area contributed by atoms with E-state index in [-0.39, 0.29) is 6.10 Å². The van der Waals surface area contributed by atoms with Crippen molar-refractivity contribution in [3.63, 3.8) is 0 Å². The molecule has 1 aliphatic rings. The van der Waals surface area contributed by atoms with Crippen molar-refractivity contribution in [1.29, 1.82) is 0 Å². The molecule has 0 aliphatic heterocycles. The van der Waals surface area contributed by atoms with E-state index in [0.717, 1.165) is 25.7 Å². The van der Waals surface area contributed by atoms with Crippen molar-refractivity contribution in [1.82, 2.24) is 15.2 Å². The standard InChI is InChI=1S/C8H15N5O/c9-7-11-8(13-12-7)10-5-1-3-6(14)4-2-5/h5-6,14H,1-4H2,(H4,9,10,11,12,13). The van der Waals surface area contributed by atoms with Crippen LogP contribution in [0, 0.1) is 0 Å². The normalized spacial score (nSPS) is 27.5. The van der Waals surface area contributed by atoms with Crippen molar-refractivity contribution < 1.29 is 5.11 Å². The first-order chi connectivity index (χ1) is 6.74. The average Bonchev–Trinajstić information content (AvgIpc) is 2.56. The van der Waals surface area contributed by atoms with Gasteiger partial charge in [-0.25, -0.2) is 5.10 Å². The number of hydrogen-bond acceptors (Lipinski definition) is 5. The SMILES string of the molecule is Nc1nc(NC2CCC(O)CC2)n[nH]1. The largest absolute Gasteiger partial charge is 0.393 e. The molecule has 1 aromatic rings. The summed E-state index contributed by atoms with van der Waals surface area (Å²) in [5, 5.41) is 19.0. The average molecular weight is 197 g/mol. The van der Waals surface area contributed by atoms with Crippen LogP contribution in [-0.2, 0) is 0 Å². The molecule has 2 rings (SSSR count). The number of aliphatic hydroxyl groups is 1. The molecule has 0 atom stereocenters. The highest BCUT2D eigenvalue weighted by Crippen LogP contribution is 2.20. The van der Waals surface area contributed by atoms with Crippen LogP contribution in [-0.4, -0.2) is 32.4 Å². The van der Waals surface area contributed by atoms with Crippen LogP contribution in [0.25, 0.3) is 0 Å². The fourth-order valence-corrected chi connectivity index (χ4v) is 1.74. The molecule has 0 saturated heterocycles. The Morgan fingerprint density at radius 1 is 1.36 bits per heavy atom. The fourth-order valence-electron chi connectivity index (χ4n) is 1.74. The molecule has 78 valence electrons. The van der Waals surface area contributed by atoms with Gasteiger partial charge in [0, 0.05) is 6.04 Å². The molecular formula is C8H15N5O. The van der Waals surface area contributed by atoms with Gasteiger partial charge in [-0.1, -0.05) is 0 Å². The molecule has 0 unspecified atom stereocenters. The van der Waals surface area contributed by atoms with E-state index in [2.05, 4.69) is 20.5 Å². The fraction of sp³-hybridized carbons (Fsp3) is 0.750. The second kappa shape index (κ2) is 3.83. The predicted molar refractivity (Wildman–Crippen MR) is 52.7 cm³/mol. The summed E-state index contributed by atoms with van der Waals surface area (Å²) in [7, 11) is 0. The van der Waals surface area contributed by atoms with Crippen LogP contribution in [0.1, 0.15) is 25.7 Å². The molecule has 6 nitrogen and oxygen atoms in total. The van der Waals surface area contributed by atoms with Gasteiger partial charge in [-0.15, -0.1) is 5.10 Å². The van der Waals surface area contributed by atoms with E-state index < -0.39 is 0 Å². The molecule has 0 aromatic carbocycles. The molecule has 0 spiro atoms. The van der Waals surface area contributed by atoms with Gasteiger partial charge >= 0.3 is 0 Å². The molecule has 0 radical (unpaired) electrons. The number of aromatic nitrogens is 3. The number of hydrogen-bond donors (Lipinski definition) is 4. The van der Waals surface area contributed by atoms with Crippen molar-refractivity contribution in [3.05, 3.63) is 0 Å². The summed E-state index contributed by atoms with van der Waals surface area (Å²) in [6.07, 6.45) is 3.46. The summed E-state index contributed by atoms with van der Waals surface area (Å²) < 4.78 is 0. The van der Waals surface area contributed by atoms with Crippen molar-refractivity contribution in [2.24, 2.45) is 0 Å². The third-order valence-corrected chi connectivity index (χ3v) is 2.53. The van der Waals surface area contributed by atoms with Crippen molar-refractivity contribution in [2.45, 2.75) is 37.8 Å². The van der Waals surface area contributed by atoms with Gasteiger partial charge in [-0.3, -0.25) is 0 Å². The smallest absolute Gasteiger partial charge is 0.243 e. The Balaban J connectivity index is 1.86. The highest BCUT2D eigenvalue weighted by atomic mass is 16.3. The van der Waals surface area contributed by atoms with Crippen LogP contribution >= 0.6 is 0 Å². The lowest BCUT2D eigenvalue weighted by Crippen LogP contribution is -2.28. The number of rotatable bonds is 2. The van der Waals surface area contributed by atoms with Crippen LogP contribution in [0.4, 0.5) is 11.9 Å². The third kappa shape index (κ3) is 2.14. The molecule has 1 fully saturated rings. The predicted octanol–water partition coefficient (Wildman–Crippen LogP) is 0.102. The highest BCUT2D eigenvalue weighted by Gasteiger charge is 2.19. The van der Waals surface area contributed by atoms with Crippen LogP contribution in [0.15, 0.2) is 0 Å². The van der Waals surface area contributed by atoms with Crippen molar-refractivity contribution in [3.8, 4) is 0 Å². The first-order valence-electron chi connectivity index (χ1n) is 4.86. The first-order valence-corrected chi connectivity index (χ1v) is 4.86. The van der Waals surface area contributed by atoms with E-state index >= 15 is 0 Å². The number of nitrogens with zero attached hydrogens (tertiary/aromatic N) is 2. The Labute approximate surface area is 81.9 Å². The lowest BCUT2D eigenvalue weighted by Gasteiger charge is -2.25. The molecule has 6 heteroatoms. The topological polar surface area (TPSA) is 99.8 Å². The zero-order valence-corrected chi connectivity index (χ0v) is 7.90. The maximum atomic E-state index is 9.31. The molecule has 0 bridgehead atoms. The van der Waals surface area contributed by atoms with Crippen molar-refractivity contribution in [2.75, 3.05) is 11.1 Å². The van der Waals surface area contributed by atoms with Crippen LogP contribution in [0.2, 0.25) is 0 Å². The van der Waals surface area contributed by atoms with E-state index in [9.17, 15) is 5.11 Å². The molecule has 1 saturated carbocycles. The maximum absolute atomic E-state index is 9.31. The van der Waals surface area contributed by atoms with Gasteiger partial charge in [0.15, 0.2) is 0 Å². The number of aliphatic hydroxyl groups excluding tert-OH is 1. The van der Waals surface area contributed by atoms with Gasteiger partial charge in [0.25, 0.3) is 0 Å². The minimum Gasteiger partial charge on any atom is -0.393 e. The molecular weight excluding hydrogens is 182 g/mol. The van der Waals surface area contributed by atoms with E-state index in [1.807, 2.05) is 0 Å². The van der Waals surface area contributed by atoms with Gasteiger partial charge in [0.1, 0.15) is 0 Å². The minimum atomic E-state index is -0.134. The maximum Gasteiger partial charge on any atom is 0.243 e. The number of nitrogens with two attached hydrogens (primary N) is 1. The lowest BCUT2D eigenvalue weighted by molar-refractivity contribution is 0.126. The quantitative estimate of drug-likeness (QED) is 0.539. The lowest BCUT2D eigenvalue weighted by atomic mass is 9.93. The Kier molecular flexibility index (Phi) is 2.53. The van der Waals surface area contributed by atoms with Gasteiger partial charge in [-0.2, -0.15) is 4.98 Å². The number of aromatic amines is 1. The summed E-state index contributed by atoms with van der Waals surface area (Å²) >= 11 is 0. The summed E-state index contributed by atoms with van der Waals surface area (Å²) in [4.78, 5) is 3.96. The monoisotopic (exact) mass is 197 g/mol. The van der Waals surface area contributed by atoms with E-state index in [1.54, 1.807) is 0 Å². The van der Waals surface area contributed by atoms with Gasteiger partial charge < -0.3 is 16.2 Å². The second-order valence-electron chi connectivity index (χ2n) is 3.69. The molecule has 14 heavy (non-hydrogen) atoms. The van der Waals surface area contributed by atoms with E-state index in [4.69, 9.17) is 5.73 Å². The second-order valence-corrected chi connectivity index (χ2v) is 3.69. The summed E-state index contributed by atoms with van der Waals surface area (Å²) in [5.74, 6) is 0.868. The molecule has 1 heterocycles. The Morgan fingerprint density at radius 3 is 2.64 bits per heavy atom. The first kappa shape index (κ1) is 9.26. The van der Waals surface area contributed by atoms with E-state index in [0.29, 0.717) is 17.9 Å². The Hall–Kier alpha value is -1.30. The number of H-pyrrole nitrogens is 1. The highest BCUT2D eigenvalue weighted by molar-refractivity contribution is 5.30. The molecule has 1 aromatic heterocycles. The summed E-state index contributed by atoms with van der Waals surface area (Å²) in [5.41, 5.74) is 5.40. The Bertz CT molecular complexity index is 292. The van der Waals surface area contributed by atoms with Crippen LogP contribution < -0.4 is 11.1 Å². The van der Waals surface area contributed by atoms with Crippen LogP contribution in [0.3, 0.4) is 0 Å². The zero-order valence-electron chi connectivity index (χ0n) is 7.90. The summed E-state index contributed by atoms with van der Waals surface area (Å²) in [6.45, 7) is 0. The van der Waals surface area contributed by atoms with Gasteiger partial charge in [0.05, 0.1) is 6.10 Å². The summed E-state index contributed by atoms with van der Waals surface area (Å²) in [6, 6.07) is 0.355. The van der Waals surface area contributed by atoms with Crippen molar-refractivity contribution >= 4 is 11.9 Å². The molecule has 0 amide bonds. The van der Waals surface area contributed by atoms with Crippen LogP contribution in [0.5, 0.6) is 0 Å². The van der Waals surface area contributed by atoms with E-state index in [1.165, 1.54) is 0 Å². The third-order valence-electron chi connectivity index (χ3n) is 2.53. The Morgan fingerprint density at radius 2 is 2.07 bits per heavy atom. The number of nitrogen functional groups attached to an aromatic ring is 1. The number of anilines is 2. The zero-order chi connectivity index (χ0) is 9.97. The molecule has 1 aliphatic carbocycles. The number of nitrogens with one attached hydrogen (secondary N) is 2. The van der Waals surface area contributed by atoms with Gasteiger partial charge in [0.2, 0.25) is 11.9 Å².